The van der Waals surface area contributed by atoms with Gasteiger partial charge in [0.1, 0.15) is 5.75 Å². The number of carboxylic acids is 1. The summed E-state index contributed by atoms with van der Waals surface area (Å²) in [6, 6.07) is 13.6. The van der Waals surface area contributed by atoms with Gasteiger partial charge < -0.3 is 19.5 Å². The second kappa shape index (κ2) is 11.1. The van der Waals surface area contributed by atoms with Crippen molar-refractivity contribution in [1.29, 1.82) is 0 Å². The molecule has 1 saturated carbocycles. The zero-order valence-electron chi connectivity index (χ0n) is 19.2. The quantitative estimate of drug-likeness (QED) is 0.603. The van der Waals surface area contributed by atoms with Crippen LogP contribution in [0.15, 0.2) is 42.5 Å². The largest absolute Gasteiger partial charge is 0.481 e. The lowest BCUT2D eigenvalue weighted by Crippen LogP contribution is -2.35. The molecule has 3 rings (SSSR count). The Kier molecular flexibility index (Phi) is 8.28. The Hall–Kier alpha value is -2.86. The molecule has 1 fully saturated rings. The van der Waals surface area contributed by atoms with Crippen molar-refractivity contribution in [3.8, 4) is 5.75 Å². The summed E-state index contributed by atoms with van der Waals surface area (Å²) < 4.78 is 10.9. The highest BCUT2D eigenvalue weighted by molar-refractivity contribution is 5.72. The first kappa shape index (κ1) is 23.8. The second-order valence-electron chi connectivity index (χ2n) is 8.56. The van der Waals surface area contributed by atoms with Crippen LogP contribution in [0.1, 0.15) is 53.9 Å². The van der Waals surface area contributed by atoms with Crippen molar-refractivity contribution in [2.75, 3.05) is 20.3 Å². The average molecular weight is 440 g/mol. The predicted molar refractivity (Wildman–Crippen MR) is 123 cm³/mol. The lowest BCUT2D eigenvalue weighted by molar-refractivity contribution is -0.143. The molecule has 1 amide bonds. The molecule has 0 saturated heterocycles. The number of carboxylic acid groups (broad SMARTS) is 1. The summed E-state index contributed by atoms with van der Waals surface area (Å²) >= 11 is 0. The minimum absolute atomic E-state index is 0.0501. The Morgan fingerprint density at radius 2 is 1.78 bits per heavy atom. The van der Waals surface area contributed by atoms with Crippen LogP contribution in [0.5, 0.6) is 5.75 Å². The number of nitrogens with zero attached hydrogens (tertiary/aromatic N) is 1. The van der Waals surface area contributed by atoms with Gasteiger partial charge in [0.05, 0.1) is 12.5 Å². The maximum Gasteiger partial charge on any atom is 0.415 e. The molecule has 0 heterocycles. The predicted octanol–water partition coefficient (Wildman–Crippen LogP) is 5.31. The molecule has 2 atom stereocenters. The average Bonchev–Trinajstić information content (AvgIpc) is 2.80. The fourth-order valence-corrected chi connectivity index (χ4v) is 4.35. The van der Waals surface area contributed by atoms with Gasteiger partial charge in [-0.15, -0.1) is 0 Å². The van der Waals surface area contributed by atoms with Crippen molar-refractivity contribution < 1.29 is 24.2 Å². The van der Waals surface area contributed by atoms with Crippen molar-refractivity contribution in [2.24, 2.45) is 5.92 Å². The van der Waals surface area contributed by atoms with Gasteiger partial charge >= 0.3 is 12.1 Å². The van der Waals surface area contributed by atoms with Crippen LogP contribution in [0.25, 0.3) is 0 Å². The summed E-state index contributed by atoms with van der Waals surface area (Å²) in [7, 11) is 1.60. The van der Waals surface area contributed by atoms with Crippen LogP contribution < -0.4 is 4.74 Å². The molecule has 172 valence electrons. The lowest BCUT2D eigenvalue weighted by Gasteiger charge is -2.29. The molecule has 32 heavy (non-hydrogen) atoms. The normalized spacial score (nSPS) is 18.2. The van der Waals surface area contributed by atoms with Crippen molar-refractivity contribution in [3.63, 3.8) is 0 Å². The number of amides is 1. The van der Waals surface area contributed by atoms with E-state index in [-0.39, 0.29) is 11.8 Å². The van der Waals surface area contributed by atoms with Gasteiger partial charge in [-0.1, -0.05) is 49.2 Å². The van der Waals surface area contributed by atoms with E-state index in [2.05, 4.69) is 0 Å². The third kappa shape index (κ3) is 5.88. The molecule has 0 spiro atoms. The van der Waals surface area contributed by atoms with Crippen molar-refractivity contribution in [2.45, 2.75) is 52.0 Å². The zero-order valence-corrected chi connectivity index (χ0v) is 19.2. The van der Waals surface area contributed by atoms with E-state index in [0.29, 0.717) is 25.4 Å². The number of aliphatic carboxylic acids is 1. The highest BCUT2D eigenvalue weighted by Gasteiger charge is 2.31. The minimum atomic E-state index is -0.710. The summed E-state index contributed by atoms with van der Waals surface area (Å²) in [5.74, 6) is -0.419. The molecular weight excluding hydrogens is 406 g/mol. The molecule has 2 aromatic carbocycles. The molecule has 0 bridgehead atoms. The number of rotatable bonds is 8. The molecule has 1 N–H and O–H groups in total. The number of methoxy groups -OCH3 is 1. The van der Waals surface area contributed by atoms with Gasteiger partial charge in [-0.25, -0.2) is 4.79 Å². The van der Waals surface area contributed by atoms with Gasteiger partial charge in [0.25, 0.3) is 0 Å². The molecule has 1 aliphatic carbocycles. The van der Waals surface area contributed by atoms with E-state index >= 15 is 0 Å². The maximum absolute atomic E-state index is 12.9. The molecule has 0 unspecified atom stereocenters. The second-order valence-corrected chi connectivity index (χ2v) is 8.56. The maximum atomic E-state index is 12.9. The van der Waals surface area contributed by atoms with Crippen LogP contribution in [0.3, 0.4) is 0 Å². The third-order valence-electron chi connectivity index (χ3n) is 6.44. The van der Waals surface area contributed by atoms with Gasteiger partial charge in [0, 0.05) is 20.2 Å². The molecule has 0 aliphatic heterocycles. The van der Waals surface area contributed by atoms with Gasteiger partial charge in [-0.2, -0.15) is 0 Å². The van der Waals surface area contributed by atoms with Crippen LogP contribution in [-0.4, -0.2) is 42.3 Å². The number of hydrogen-bond acceptors (Lipinski definition) is 4. The van der Waals surface area contributed by atoms with Gasteiger partial charge in [-0.05, 0) is 60.9 Å². The fraction of sp³-hybridized carbons (Fsp3) is 0.462. The Morgan fingerprint density at radius 3 is 2.47 bits per heavy atom. The standard InChI is InChI=1S/C26H33NO5/c1-18-7-6-10-24(19(18)2)32-26(30)27(15-16-31-3)17-20-11-13-21(14-12-20)22-8-4-5-9-23(22)25(28)29/h6-7,10-14,22-23H,4-5,8-9,15-17H2,1-3H3,(H,28,29)/t22-,23+/m1/s1. The summed E-state index contributed by atoms with van der Waals surface area (Å²) in [6.07, 6.45) is 3.25. The van der Waals surface area contributed by atoms with E-state index in [4.69, 9.17) is 9.47 Å². The Morgan fingerprint density at radius 1 is 1.06 bits per heavy atom. The highest BCUT2D eigenvalue weighted by Crippen LogP contribution is 2.38. The molecule has 2 aromatic rings. The lowest BCUT2D eigenvalue weighted by atomic mass is 9.75. The summed E-state index contributed by atoms with van der Waals surface area (Å²) in [5.41, 5.74) is 4.03. The third-order valence-corrected chi connectivity index (χ3v) is 6.44. The van der Waals surface area contributed by atoms with E-state index in [0.717, 1.165) is 47.9 Å². The van der Waals surface area contributed by atoms with E-state index in [1.54, 1.807) is 18.1 Å². The van der Waals surface area contributed by atoms with Gasteiger partial charge in [-0.3, -0.25) is 4.79 Å². The van der Waals surface area contributed by atoms with E-state index in [1.165, 1.54) is 0 Å². The highest BCUT2D eigenvalue weighted by atomic mass is 16.6. The zero-order chi connectivity index (χ0) is 23.1. The fourth-order valence-electron chi connectivity index (χ4n) is 4.35. The number of carbonyl (C=O) groups is 2. The van der Waals surface area contributed by atoms with Gasteiger partial charge in [0.2, 0.25) is 0 Å². The monoisotopic (exact) mass is 439 g/mol. The molecule has 6 heteroatoms. The summed E-state index contributed by atoms with van der Waals surface area (Å²) in [6.45, 7) is 5.12. The number of hydrogen-bond donors (Lipinski definition) is 1. The van der Waals surface area contributed by atoms with Crippen LogP contribution >= 0.6 is 0 Å². The Balaban J connectivity index is 1.71. The first-order valence-corrected chi connectivity index (χ1v) is 11.2. The molecule has 0 aromatic heterocycles. The van der Waals surface area contributed by atoms with Crippen LogP contribution in [0, 0.1) is 19.8 Å². The number of aryl methyl sites for hydroxylation is 1. The van der Waals surface area contributed by atoms with E-state index < -0.39 is 12.1 Å². The SMILES string of the molecule is COCCN(Cc1ccc([C@H]2CCCC[C@@H]2C(=O)O)cc1)C(=O)Oc1cccc(C)c1C. The number of ether oxygens (including phenoxy) is 2. The molecular formula is C26H33NO5. The Labute approximate surface area is 190 Å². The van der Waals surface area contributed by atoms with Gasteiger partial charge in [0.15, 0.2) is 0 Å². The van der Waals surface area contributed by atoms with E-state index in [9.17, 15) is 14.7 Å². The number of carbonyl (C=O) groups excluding carboxylic acids is 1. The molecule has 1 aliphatic rings. The first-order valence-electron chi connectivity index (χ1n) is 11.2. The summed E-state index contributed by atoms with van der Waals surface area (Å²) in [4.78, 5) is 26.2. The van der Waals surface area contributed by atoms with Crippen molar-refractivity contribution in [3.05, 3.63) is 64.7 Å². The Bertz CT molecular complexity index is 924. The minimum Gasteiger partial charge on any atom is -0.481 e. The van der Waals surface area contributed by atoms with Crippen LogP contribution in [-0.2, 0) is 16.1 Å². The summed E-state index contributed by atoms with van der Waals surface area (Å²) in [5, 5.41) is 9.57. The topological polar surface area (TPSA) is 76.1 Å². The van der Waals surface area contributed by atoms with E-state index in [1.807, 2.05) is 50.2 Å². The van der Waals surface area contributed by atoms with Crippen LogP contribution in [0.4, 0.5) is 4.79 Å². The van der Waals surface area contributed by atoms with Crippen LogP contribution in [0.2, 0.25) is 0 Å². The van der Waals surface area contributed by atoms with Crippen molar-refractivity contribution >= 4 is 12.1 Å². The molecule has 6 nitrogen and oxygen atoms in total. The van der Waals surface area contributed by atoms with Crippen molar-refractivity contribution in [1.82, 2.24) is 4.90 Å². The number of benzene rings is 2. The molecule has 0 radical (unpaired) electrons. The smallest absolute Gasteiger partial charge is 0.415 e. The first-order chi connectivity index (χ1) is 15.4.